The van der Waals surface area contributed by atoms with Crippen LogP contribution in [0, 0.1) is 0 Å². The van der Waals surface area contributed by atoms with Gasteiger partial charge in [0.15, 0.2) is 0 Å². The molecular formula is C18H18N2O3. The number of carbonyl (C=O) groups excluding carboxylic acids is 2. The highest BCUT2D eigenvalue weighted by molar-refractivity contribution is 5.96. The van der Waals surface area contributed by atoms with E-state index in [1.165, 1.54) is 0 Å². The number of nitrogens with one attached hydrogen (secondary N) is 1. The highest BCUT2D eigenvalue weighted by atomic mass is 16.6. The van der Waals surface area contributed by atoms with Crippen molar-refractivity contribution >= 4 is 17.7 Å². The summed E-state index contributed by atoms with van der Waals surface area (Å²) < 4.78 is 5.04. The van der Waals surface area contributed by atoms with Crippen LogP contribution < -0.4 is 5.32 Å². The van der Waals surface area contributed by atoms with Crippen molar-refractivity contribution in [1.82, 2.24) is 4.90 Å². The Morgan fingerprint density at radius 2 is 1.78 bits per heavy atom. The minimum Gasteiger partial charge on any atom is -0.383 e. The predicted octanol–water partition coefficient (Wildman–Crippen LogP) is 3.28. The van der Waals surface area contributed by atoms with Crippen LogP contribution in [0.15, 0.2) is 54.6 Å². The summed E-state index contributed by atoms with van der Waals surface area (Å²) in [7, 11) is 0. The second-order valence-corrected chi connectivity index (χ2v) is 5.54. The van der Waals surface area contributed by atoms with Gasteiger partial charge in [-0.2, -0.15) is 0 Å². The van der Waals surface area contributed by atoms with Gasteiger partial charge < -0.3 is 10.1 Å². The summed E-state index contributed by atoms with van der Waals surface area (Å²) in [5.41, 5.74) is 2.37. The fourth-order valence-electron chi connectivity index (χ4n) is 2.55. The molecule has 1 aliphatic heterocycles. The lowest BCUT2D eigenvalue weighted by Crippen LogP contribution is -2.41. The number of anilines is 1. The maximum atomic E-state index is 12.4. The van der Waals surface area contributed by atoms with E-state index in [-0.39, 0.29) is 6.04 Å². The largest absolute Gasteiger partial charge is 0.418 e. The Kier molecular flexibility index (Phi) is 4.28. The summed E-state index contributed by atoms with van der Waals surface area (Å²) in [5.74, 6) is -0.631. The Morgan fingerprint density at radius 3 is 2.57 bits per heavy atom. The molecule has 23 heavy (non-hydrogen) atoms. The number of hydrogen-bond acceptors (Lipinski definition) is 4. The van der Waals surface area contributed by atoms with Crippen molar-refractivity contribution in [3.05, 3.63) is 65.7 Å². The molecule has 3 rings (SSSR count). The summed E-state index contributed by atoms with van der Waals surface area (Å²) in [6.07, 6.45) is -0.621. The van der Waals surface area contributed by atoms with Gasteiger partial charge in [0.25, 0.3) is 0 Å². The average Bonchev–Trinajstić information content (AvgIpc) is 2.75. The van der Waals surface area contributed by atoms with Crippen LogP contribution in [0.1, 0.15) is 22.8 Å². The zero-order valence-corrected chi connectivity index (χ0v) is 12.9. The second-order valence-electron chi connectivity index (χ2n) is 5.54. The third-order valence-corrected chi connectivity index (χ3v) is 3.90. The molecule has 0 saturated heterocycles. The van der Waals surface area contributed by atoms with Crippen molar-refractivity contribution in [2.45, 2.75) is 19.5 Å². The van der Waals surface area contributed by atoms with Crippen LogP contribution >= 0.6 is 0 Å². The lowest BCUT2D eigenvalue weighted by Gasteiger charge is -2.25. The van der Waals surface area contributed by atoms with Crippen molar-refractivity contribution in [3.8, 4) is 0 Å². The van der Waals surface area contributed by atoms with Gasteiger partial charge in [0.05, 0.1) is 12.1 Å². The number of esters is 1. The first-order valence-corrected chi connectivity index (χ1v) is 7.55. The predicted molar refractivity (Wildman–Crippen MR) is 87.2 cm³/mol. The van der Waals surface area contributed by atoms with Crippen LogP contribution in [0.25, 0.3) is 0 Å². The first kappa shape index (κ1) is 15.1. The number of amides is 1. The molecule has 1 unspecified atom stereocenters. The van der Waals surface area contributed by atoms with E-state index in [0.717, 1.165) is 11.3 Å². The van der Waals surface area contributed by atoms with E-state index in [1.807, 2.05) is 31.2 Å². The Hall–Kier alpha value is -2.82. The fourth-order valence-corrected chi connectivity index (χ4v) is 2.55. The van der Waals surface area contributed by atoms with Gasteiger partial charge in [0.1, 0.15) is 0 Å². The number of hydrogen-bond donors (Lipinski definition) is 1. The van der Waals surface area contributed by atoms with Gasteiger partial charge in [-0.25, -0.2) is 9.59 Å². The molecule has 2 aromatic carbocycles. The van der Waals surface area contributed by atoms with Crippen LogP contribution in [0.4, 0.5) is 10.5 Å². The lowest BCUT2D eigenvalue weighted by molar-refractivity contribution is 0.0509. The van der Waals surface area contributed by atoms with E-state index >= 15 is 0 Å². The molecule has 0 aromatic heterocycles. The summed E-state index contributed by atoms with van der Waals surface area (Å²) in [4.78, 5) is 26.0. The van der Waals surface area contributed by atoms with Crippen LogP contribution in [0.2, 0.25) is 0 Å². The normalized spacial score (nSPS) is 16.7. The van der Waals surface area contributed by atoms with E-state index in [0.29, 0.717) is 18.7 Å². The maximum Gasteiger partial charge on any atom is 0.418 e. The average molecular weight is 310 g/mol. The third-order valence-electron chi connectivity index (χ3n) is 3.90. The van der Waals surface area contributed by atoms with Crippen molar-refractivity contribution in [2.24, 2.45) is 0 Å². The Labute approximate surface area is 134 Å². The van der Waals surface area contributed by atoms with Gasteiger partial charge >= 0.3 is 12.1 Å². The monoisotopic (exact) mass is 310 g/mol. The zero-order valence-electron chi connectivity index (χ0n) is 12.9. The van der Waals surface area contributed by atoms with Crippen LogP contribution in [-0.2, 0) is 11.3 Å². The Morgan fingerprint density at radius 1 is 1.09 bits per heavy atom. The highest BCUT2D eigenvalue weighted by Gasteiger charge is 2.27. The number of benzene rings is 2. The standard InChI is InChI=1S/C18H18N2O3/c1-13-11-19-16-10-6-5-9-15(16)12-20(13)18(22)23-17(21)14-7-3-2-4-8-14/h2-10,13,19H,11-12H2,1H3. The van der Waals surface area contributed by atoms with Gasteiger partial charge in [-0.1, -0.05) is 36.4 Å². The van der Waals surface area contributed by atoms with Gasteiger partial charge in [0.2, 0.25) is 0 Å². The molecular weight excluding hydrogens is 292 g/mol. The second kappa shape index (κ2) is 6.52. The van der Waals surface area contributed by atoms with Gasteiger partial charge in [-0.15, -0.1) is 0 Å². The molecule has 1 heterocycles. The topological polar surface area (TPSA) is 58.6 Å². The van der Waals surface area contributed by atoms with Crippen molar-refractivity contribution in [2.75, 3.05) is 11.9 Å². The SMILES string of the molecule is CC1CNc2ccccc2CN1C(=O)OC(=O)c1ccccc1. The van der Waals surface area contributed by atoms with Crippen molar-refractivity contribution in [1.29, 1.82) is 0 Å². The summed E-state index contributed by atoms with van der Waals surface area (Å²) >= 11 is 0. The molecule has 0 spiro atoms. The van der Waals surface area contributed by atoms with Gasteiger partial charge in [-0.3, -0.25) is 4.90 Å². The summed E-state index contributed by atoms with van der Waals surface area (Å²) in [5, 5.41) is 3.31. The smallest absolute Gasteiger partial charge is 0.383 e. The molecule has 0 aliphatic carbocycles. The Bertz CT molecular complexity index is 715. The number of carbonyl (C=O) groups is 2. The molecule has 2 aromatic rings. The van der Waals surface area contributed by atoms with E-state index in [4.69, 9.17) is 4.74 Å². The summed E-state index contributed by atoms with van der Waals surface area (Å²) in [6, 6.07) is 16.2. The van der Waals surface area contributed by atoms with E-state index < -0.39 is 12.1 Å². The molecule has 1 N–H and O–H groups in total. The zero-order chi connectivity index (χ0) is 16.2. The molecule has 0 saturated carbocycles. The summed E-state index contributed by atoms with van der Waals surface area (Å²) in [6.45, 7) is 2.93. The van der Waals surface area contributed by atoms with Crippen LogP contribution in [0.5, 0.6) is 0 Å². The molecule has 1 atom stereocenters. The minimum absolute atomic E-state index is 0.0847. The molecule has 1 amide bonds. The lowest BCUT2D eigenvalue weighted by atomic mass is 10.2. The third kappa shape index (κ3) is 3.34. The fraction of sp³-hybridized carbons (Fsp3) is 0.222. The number of para-hydroxylation sites is 1. The molecule has 118 valence electrons. The number of ether oxygens (including phenoxy) is 1. The van der Waals surface area contributed by atoms with Crippen molar-refractivity contribution in [3.63, 3.8) is 0 Å². The maximum absolute atomic E-state index is 12.4. The molecule has 0 radical (unpaired) electrons. The first-order valence-electron chi connectivity index (χ1n) is 7.55. The van der Waals surface area contributed by atoms with E-state index in [1.54, 1.807) is 35.2 Å². The number of fused-ring (bicyclic) bond motifs is 1. The quantitative estimate of drug-likeness (QED) is 0.648. The molecule has 0 fully saturated rings. The Balaban J connectivity index is 1.75. The number of nitrogens with zero attached hydrogens (tertiary/aromatic N) is 1. The molecule has 1 aliphatic rings. The molecule has 5 heteroatoms. The van der Waals surface area contributed by atoms with E-state index in [9.17, 15) is 9.59 Å². The van der Waals surface area contributed by atoms with Gasteiger partial charge in [0, 0.05) is 18.3 Å². The van der Waals surface area contributed by atoms with Crippen LogP contribution in [-0.4, -0.2) is 29.5 Å². The molecule has 0 bridgehead atoms. The van der Waals surface area contributed by atoms with Crippen LogP contribution in [0.3, 0.4) is 0 Å². The van der Waals surface area contributed by atoms with Crippen molar-refractivity contribution < 1.29 is 14.3 Å². The minimum atomic E-state index is -0.631. The highest BCUT2D eigenvalue weighted by Crippen LogP contribution is 2.22. The first-order chi connectivity index (χ1) is 11.1. The number of rotatable bonds is 1. The van der Waals surface area contributed by atoms with E-state index in [2.05, 4.69) is 5.32 Å². The van der Waals surface area contributed by atoms with Gasteiger partial charge in [-0.05, 0) is 30.7 Å². The molecule has 5 nitrogen and oxygen atoms in total.